The molecule has 6 heteroatoms. The maximum atomic E-state index is 11.9. The van der Waals surface area contributed by atoms with Crippen molar-refractivity contribution in [1.29, 1.82) is 0 Å². The van der Waals surface area contributed by atoms with Crippen molar-refractivity contribution in [1.82, 2.24) is 15.6 Å². The molecule has 1 aliphatic rings. The van der Waals surface area contributed by atoms with E-state index in [1.165, 1.54) is 11.1 Å². The third-order valence-corrected chi connectivity index (χ3v) is 4.77. The van der Waals surface area contributed by atoms with Gasteiger partial charge in [-0.25, -0.2) is 9.78 Å². The van der Waals surface area contributed by atoms with E-state index in [9.17, 15) is 4.79 Å². The highest BCUT2D eigenvalue weighted by Gasteiger charge is 2.16. The molecule has 0 fully saturated rings. The summed E-state index contributed by atoms with van der Waals surface area (Å²) in [5.74, 6) is 0.979. The fourth-order valence-electron chi connectivity index (χ4n) is 3.24. The molecule has 2 N–H and O–H groups in total. The van der Waals surface area contributed by atoms with Gasteiger partial charge in [-0.05, 0) is 49.4 Å². The number of ether oxygens (including phenoxy) is 1. The van der Waals surface area contributed by atoms with Gasteiger partial charge < -0.3 is 20.3 Å². The van der Waals surface area contributed by atoms with E-state index < -0.39 is 0 Å². The topological polar surface area (TPSA) is 66.5 Å². The standard InChI is InChI=1S/C22H30N4O2/c1-17(2)28-13-5-11-23-22(27)25-15-18-8-9-21(24-14-18)26-12-10-19-6-3-4-7-20(19)16-26/h3-4,6-9,14,17H,5,10-13,15-16H2,1-2H3,(H2,23,25,27). The quantitative estimate of drug-likeness (QED) is 0.688. The summed E-state index contributed by atoms with van der Waals surface area (Å²) in [4.78, 5) is 18.7. The van der Waals surface area contributed by atoms with Crippen LogP contribution in [0.1, 0.15) is 37.0 Å². The second-order valence-corrected chi connectivity index (χ2v) is 7.35. The summed E-state index contributed by atoms with van der Waals surface area (Å²) in [5, 5.41) is 5.71. The summed E-state index contributed by atoms with van der Waals surface area (Å²) in [6, 6.07) is 12.5. The van der Waals surface area contributed by atoms with Gasteiger partial charge in [0.05, 0.1) is 6.10 Å². The first-order valence-electron chi connectivity index (χ1n) is 10.0. The van der Waals surface area contributed by atoms with Gasteiger partial charge in [-0.2, -0.15) is 0 Å². The normalized spacial score (nSPS) is 13.3. The molecule has 3 rings (SSSR count). The highest BCUT2D eigenvalue weighted by molar-refractivity contribution is 5.73. The lowest BCUT2D eigenvalue weighted by Crippen LogP contribution is -2.36. The minimum atomic E-state index is -0.165. The summed E-state index contributed by atoms with van der Waals surface area (Å²) < 4.78 is 5.45. The average Bonchev–Trinajstić information content (AvgIpc) is 2.72. The molecule has 6 nitrogen and oxygen atoms in total. The molecule has 150 valence electrons. The van der Waals surface area contributed by atoms with Crippen molar-refractivity contribution in [3.8, 4) is 0 Å². The molecule has 1 aliphatic heterocycles. The number of hydrogen-bond donors (Lipinski definition) is 2. The number of aromatic nitrogens is 1. The molecule has 0 saturated carbocycles. The van der Waals surface area contributed by atoms with Crippen molar-refractivity contribution >= 4 is 11.8 Å². The largest absolute Gasteiger partial charge is 0.379 e. The molecule has 2 amide bonds. The van der Waals surface area contributed by atoms with Gasteiger partial charge in [0.1, 0.15) is 5.82 Å². The van der Waals surface area contributed by atoms with Crippen molar-refractivity contribution < 1.29 is 9.53 Å². The Hall–Kier alpha value is -2.60. The number of hydrogen-bond acceptors (Lipinski definition) is 4. The van der Waals surface area contributed by atoms with Gasteiger partial charge in [-0.3, -0.25) is 0 Å². The van der Waals surface area contributed by atoms with Gasteiger partial charge in [0, 0.05) is 39.0 Å². The SMILES string of the molecule is CC(C)OCCCNC(=O)NCc1ccc(N2CCc3ccccc3C2)nc1. The van der Waals surface area contributed by atoms with Crippen molar-refractivity contribution in [2.45, 2.75) is 45.9 Å². The minimum Gasteiger partial charge on any atom is -0.379 e. The van der Waals surface area contributed by atoms with Gasteiger partial charge in [0.15, 0.2) is 0 Å². The number of urea groups is 1. The van der Waals surface area contributed by atoms with Crippen molar-refractivity contribution in [2.24, 2.45) is 0 Å². The molecule has 1 aromatic carbocycles. The zero-order valence-electron chi connectivity index (χ0n) is 16.8. The highest BCUT2D eigenvalue weighted by Crippen LogP contribution is 2.22. The predicted molar refractivity (Wildman–Crippen MR) is 111 cm³/mol. The number of pyridine rings is 1. The van der Waals surface area contributed by atoms with Crippen LogP contribution in [0.4, 0.5) is 10.6 Å². The Morgan fingerprint density at radius 1 is 1.18 bits per heavy atom. The maximum Gasteiger partial charge on any atom is 0.315 e. The van der Waals surface area contributed by atoms with Gasteiger partial charge in [0.25, 0.3) is 0 Å². The first kappa shape index (κ1) is 20.1. The van der Waals surface area contributed by atoms with Crippen LogP contribution in [0, 0.1) is 0 Å². The number of anilines is 1. The number of rotatable bonds is 8. The number of carbonyl (C=O) groups excluding carboxylic acids is 1. The third-order valence-electron chi connectivity index (χ3n) is 4.77. The van der Waals surface area contributed by atoms with Crippen LogP contribution >= 0.6 is 0 Å². The first-order valence-corrected chi connectivity index (χ1v) is 10.0. The zero-order valence-corrected chi connectivity index (χ0v) is 16.8. The van der Waals surface area contributed by atoms with E-state index in [1.807, 2.05) is 32.2 Å². The van der Waals surface area contributed by atoms with Crippen LogP contribution in [0.5, 0.6) is 0 Å². The molecule has 0 bridgehead atoms. The number of nitrogens with one attached hydrogen (secondary N) is 2. The third kappa shape index (κ3) is 5.96. The lowest BCUT2D eigenvalue weighted by molar-refractivity contribution is 0.0774. The molecular weight excluding hydrogens is 352 g/mol. The number of amides is 2. The molecule has 2 aromatic rings. The van der Waals surface area contributed by atoms with E-state index in [2.05, 4.69) is 44.8 Å². The Balaban J connectivity index is 1.41. The summed E-state index contributed by atoms with van der Waals surface area (Å²) in [7, 11) is 0. The molecule has 0 spiro atoms. The Bertz CT molecular complexity index is 761. The second-order valence-electron chi connectivity index (χ2n) is 7.35. The smallest absolute Gasteiger partial charge is 0.315 e. The van der Waals surface area contributed by atoms with Crippen LogP contribution < -0.4 is 15.5 Å². The van der Waals surface area contributed by atoms with E-state index >= 15 is 0 Å². The van der Waals surface area contributed by atoms with Gasteiger partial charge in [0.2, 0.25) is 0 Å². The molecular formula is C22H30N4O2. The maximum absolute atomic E-state index is 11.9. The van der Waals surface area contributed by atoms with Crippen LogP contribution in [-0.4, -0.2) is 36.8 Å². The Kier molecular flexibility index (Phi) is 7.25. The molecule has 2 heterocycles. The van der Waals surface area contributed by atoms with Crippen molar-refractivity contribution in [3.63, 3.8) is 0 Å². The molecule has 28 heavy (non-hydrogen) atoms. The molecule has 1 aromatic heterocycles. The van der Waals surface area contributed by atoms with Crippen LogP contribution in [0.15, 0.2) is 42.6 Å². The fourth-order valence-corrected chi connectivity index (χ4v) is 3.24. The molecule has 0 unspecified atom stereocenters. The Labute approximate surface area is 167 Å². The Morgan fingerprint density at radius 2 is 2.00 bits per heavy atom. The number of benzene rings is 1. The monoisotopic (exact) mass is 382 g/mol. The van der Waals surface area contributed by atoms with E-state index in [0.29, 0.717) is 19.7 Å². The summed E-state index contributed by atoms with van der Waals surface area (Å²) in [6.07, 6.45) is 3.92. The van der Waals surface area contributed by atoms with E-state index in [-0.39, 0.29) is 12.1 Å². The summed E-state index contributed by atoms with van der Waals surface area (Å²) >= 11 is 0. The highest BCUT2D eigenvalue weighted by atomic mass is 16.5. The van der Waals surface area contributed by atoms with Crippen LogP contribution in [0.2, 0.25) is 0 Å². The summed E-state index contributed by atoms with van der Waals surface area (Å²) in [5.41, 5.74) is 3.79. The lowest BCUT2D eigenvalue weighted by Gasteiger charge is -2.29. The molecule has 0 atom stereocenters. The van der Waals surface area contributed by atoms with Crippen molar-refractivity contribution in [3.05, 3.63) is 59.3 Å². The van der Waals surface area contributed by atoms with E-state index in [0.717, 1.165) is 37.3 Å². The molecule has 0 saturated heterocycles. The van der Waals surface area contributed by atoms with Crippen LogP contribution in [0.25, 0.3) is 0 Å². The minimum absolute atomic E-state index is 0.165. The van der Waals surface area contributed by atoms with E-state index in [1.54, 1.807) is 0 Å². The summed E-state index contributed by atoms with van der Waals surface area (Å²) in [6.45, 7) is 7.60. The second kappa shape index (κ2) is 10.1. The van der Waals surface area contributed by atoms with Crippen molar-refractivity contribution in [2.75, 3.05) is 24.6 Å². The predicted octanol–water partition coefficient (Wildman–Crippen LogP) is 3.26. The van der Waals surface area contributed by atoms with E-state index in [4.69, 9.17) is 4.74 Å². The van der Waals surface area contributed by atoms with Crippen LogP contribution in [0.3, 0.4) is 0 Å². The molecule has 0 aliphatic carbocycles. The number of fused-ring (bicyclic) bond motifs is 1. The van der Waals surface area contributed by atoms with Crippen LogP contribution in [-0.2, 0) is 24.2 Å². The van der Waals surface area contributed by atoms with Gasteiger partial charge >= 0.3 is 6.03 Å². The Morgan fingerprint density at radius 3 is 2.75 bits per heavy atom. The fraction of sp³-hybridized carbons (Fsp3) is 0.455. The van der Waals surface area contributed by atoms with Gasteiger partial charge in [-0.1, -0.05) is 30.3 Å². The number of carbonyl (C=O) groups is 1. The zero-order chi connectivity index (χ0) is 19.8. The first-order chi connectivity index (χ1) is 13.6. The number of nitrogens with zero attached hydrogens (tertiary/aromatic N) is 2. The lowest BCUT2D eigenvalue weighted by atomic mass is 10.00. The van der Waals surface area contributed by atoms with Gasteiger partial charge in [-0.15, -0.1) is 0 Å². The average molecular weight is 383 g/mol. The molecule has 0 radical (unpaired) electrons.